The maximum absolute atomic E-state index is 12.9. The van der Waals surface area contributed by atoms with E-state index in [1.807, 2.05) is 22.6 Å². The zero-order chi connectivity index (χ0) is 11.7. The van der Waals surface area contributed by atoms with E-state index in [0.717, 1.165) is 0 Å². The predicted molar refractivity (Wildman–Crippen MR) is 65.6 cm³/mol. The molecule has 0 spiro atoms. The number of aliphatic hydroxyl groups is 1. The van der Waals surface area contributed by atoms with Crippen molar-refractivity contribution in [3.63, 3.8) is 0 Å². The Morgan fingerprint density at radius 2 is 2.31 bits per heavy atom. The Labute approximate surface area is 106 Å². The van der Waals surface area contributed by atoms with Crippen molar-refractivity contribution < 1.29 is 14.3 Å². The van der Waals surface area contributed by atoms with E-state index in [1.165, 1.54) is 18.2 Å². The topological polar surface area (TPSA) is 40.5 Å². The zero-order valence-corrected chi connectivity index (χ0v) is 10.6. The number of β-amino-alcohol motifs (C(OH)–C–C–N with tert-alkyl or cyclic N) is 1. The van der Waals surface area contributed by atoms with Crippen molar-refractivity contribution >= 4 is 28.5 Å². The molecule has 1 atom stereocenters. The van der Waals surface area contributed by atoms with Crippen LogP contribution in [0.3, 0.4) is 0 Å². The van der Waals surface area contributed by atoms with Crippen LogP contribution < -0.4 is 0 Å². The zero-order valence-electron chi connectivity index (χ0n) is 8.49. The van der Waals surface area contributed by atoms with Gasteiger partial charge >= 0.3 is 0 Å². The molecule has 0 unspecified atom stereocenters. The third-order valence-electron chi connectivity index (χ3n) is 2.61. The molecule has 86 valence electrons. The van der Waals surface area contributed by atoms with Crippen LogP contribution in [0.1, 0.15) is 16.8 Å². The Bertz CT molecular complexity index is 424. The number of likely N-dealkylation sites (tertiary alicyclic amines) is 1. The van der Waals surface area contributed by atoms with Crippen molar-refractivity contribution in [1.29, 1.82) is 0 Å². The van der Waals surface area contributed by atoms with Crippen LogP contribution in [0.15, 0.2) is 18.2 Å². The van der Waals surface area contributed by atoms with Crippen LogP contribution in [0.4, 0.5) is 4.39 Å². The minimum atomic E-state index is -0.429. The van der Waals surface area contributed by atoms with Crippen LogP contribution in [0.5, 0.6) is 0 Å². The highest BCUT2D eigenvalue weighted by atomic mass is 127. The van der Waals surface area contributed by atoms with Gasteiger partial charge in [0, 0.05) is 16.7 Å². The minimum absolute atomic E-state index is 0.138. The molecule has 1 N–H and O–H groups in total. The molecule has 16 heavy (non-hydrogen) atoms. The molecule has 0 radical (unpaired) electrons. The number of aliphatic hydroxyl groups excluding tert-OH is 1. The molecule has 1 aromatic carbocycles. The Morgan fingerprint density at radius 1 is 1.56 bits per heavy atom. The van der Waals surface area contributed by atoms with E-state index in [-0.39, 0.29) is 11.7 Å². The van der Waals surface area contributed by atoms with Gasteiger partial charge in [-0.05, 0) is 47.2 Å². The number of hydrogen-bond donors (Lipinski definition) is 1. The second-order valence-corrected chi connectivity index (χ2v) is 4.98. The van der Waals surface area contributed by atoms with Gasteiger partial charge in [0.25, 0.3) is 5.91 Å². The highest BCUT2D eigenvalue weighted by Crippen LogP contribution is 2.19. The minimum Gasteiger partial charge on any atom is -0.391 e. The Morgan fingerprint density at radius 3 is 2.88 bits per heavy atom. The van der Waals surface area contributed by atoms with Gasteiger partial charge in [0.2, 0.25) is 0 Å². The summed E-state index contributed by atoms with van der Waals surface area (Å²) in [5, 5.41) is 9.35. The van der Waals surface area contributed by atoms with Crippen molar-refractivity contribution in [2.24, 2.45) is 0 Å². The van der Waals surface area contributed by atoms with Gasteiger partial charge in [-0.1, -0.05) is 0 Å². The lowest BCUT2D eigenvalue weighted by Crippen LogP contribution is -2.30. The molecule has 1 aromatic rings. The van der Waals surface area contributed by atoms with Crippen molar-refractivity contribution in [1.82, 2.24) is 4.90 Å². The maximum atomic E-state index is 12.9. The molecule has 0 bridgehead atoms. The second kappa shape index (κ2) is 4.67. The highest BCUT2D eigenvalue weighted by Gasteiger charge is 2.26. The Balaban J connectivity index is 2.21. The number of nitrogens with zero attached hydrogens (tertiary/aromatic N) is 1. The maximum Gasteiger partial charge on any atom is 0.255 e. The number of halogens is 2. The summed E-state index contributed by atoms with van der Waals surface area (Å²) in [6.07, 6.45) is 0.186. The van der Waals surface area contributed by atoms with Crippen LogP contribution >= 0.6 is 22.6 Å². The van der Waals surface area contributed by atoms with Crippen molar-refractivity contribution in [2.45, 2.75) is 12.5 Å². The molecule has 1 saturated heterocycles. The smallest absolute Gasteiger partial charge is 0.255 e. The summed E-state index contributed by atoms with van der Waals surface area (Å²) in [6.45, 7) is 0.930. The monoisotopic (exact) mass is 335 g/mol. The summed E-state index contributed by atoms with van der Waals surface area (Å²) >= 11 is 1.94. The van der Waals surface area contributed by atoms with E-state index >= 15 is 0 Å². The normalized spacial score (nSPS) is 20.2. The molecular formula is C11H11FINO2. The van der Waals surface area contributed by atoms with Gasteiger partial charge < -0.3 is 10.0 Å². The third kappa shape index (κ3) is 2.35. The lowest BCUT2D eigenvalue weighted by Gasteiger charge is -2.16. The molecule has 0 saturated carbocycles. The molecule has 3 nitrogen and oxygen atoms in total. The van der Waals surface area contributed by atoms with Crippen LogP contribution in [0.2, 0.25) is 0 Å². The average molecular weight is 335 g/mol. The van der Waals surface area contributed by atoms with Gasteiger partial charge in [-0.25, -0.2) is 4.39 Å². The number of carbonyl (C=O) groups excluding carboxylic acids is 1. The molecule has 5 heteroatoms. The number of carbonyl (C=O) groups is 1. The summed E-state index contributed by atoms with van der Waals surface area (Å²) in [5.74, 6) is -0.483. The van der Waals surface area contributed by atoms with E-state index in [2.05, 4.69) is 0 Å². The van der Waals surface area contributed by atoms with Crippen LogP contribution in [0.25, 0.3) is 0 Å². The van der Waals surface area contributed by atoms with E-state index in [9.17, 15) is 14.3 Å². The first kappa shape index (κ1) is 11.8. The van der Waals surface area contributed by atoms with Crippen LogP contribution in [0, 0.1) is 9.39 Å². The first-order valence-corrected chi connectivity index (χ1v) is 6.08. The number of benzene rings is 1. The van der Waals surface area contributed by atoms with Gasteiger partial charge in [-0.2, -0.15) is 0 Å². The van der Waals surface area contributed by atoms with Crippen molar-refractivity contribution in [3.05, 3.63) is 33.1 Å². The van der Waals surface area contributed by atoms with E-state index in [1.54, 1.807) is 4.90 Å². The fourth-order valence-corrected chi connectivity index (χ4v) is 2.47. The number of hydrogen-bond acceptors (Lipinski definition) is 2. The van der Waals surface area contributed by atoms with Gasteiger partial charge in [0.15, 0.2) is 0 Å². The molecule has 1 fully saturated rings. The molecule has 0 aliphatic carbocycles. The fourth-order valence-electron chi connectivity index (χ4n) is 1.76. The van der Waals surface area contributed by atoms with E-state index in [4.69, 9.17) is 0 Å². The first-order valence-electron chi connectivity index (χ1n) is 5.00. The second-order valence-electron chi connectivity index (χ2n) is 3.82. The van der Waals surface area contributed by atoms with Crippen LogP contribution in [-0.4, -0.2) is 35.1 Å². The van der Waals surface area contributed by atoms with Crippen molar-refractivity contribution in [3.8, 4) is 0 Å². The van der Waals surface area contributed by atoms with Crippen molar-refractivity contribution in [2.75, 3.05) is 13.1 Å². The summed E-state index contributed by atoms with van der Waals surface area (Å²) < 4.78 is 13.5. The highest BCUT2D eigenvalue weighted by molar-refractivity contribution is 14.1. The van der Waals surface area contributed by atoms with E-state index in [0.29, 0.717) is 28.6 Å². The average Bonchev–Trinajstić information content (AvgIpc) is 2.64. The summed E-state index contributed by atoms with van der Waals surface area (Å²) in [6, 6.07) is 4.10. The largest absolute Gasteiger partial charge is 0.391 e. The van der Waals surface area contributed by atoms with Gasteiger partial charge in [-0.3, -0.25) is 4.79 Å². The summed E-state index contributed by atoms with van der Waals surface area (Å²) in [7, 11) is 0. The fraction of sp³-hybridized carbons (Fsp3) is 0.364. The lowest BCUT2D eigenvalue weighted by atomic mass is 10.2. The molecule has 1 aliphatic heterocycles. The quantitative estimate of drug-likeness (QED) is 0.793. The van der Waals surface area contributed by atoms with Gasteiger partial charge in [0.1, 0.15) is 5.82 Å². The van der Waals surface area contributed by atoms with Gasteiger partial charge in [-0.15, -0.1) is 0 Å². The van der Waals surface area contributed by atoms with Crippen LogP contribution in [-0.2, 0) is 0 Å². The lowest BCUT2D eigenvalue weighted by molar-refractivity contribution is 0.0764. The molecule has 1 amide bonds. The summed E-state index contributed by atoms with van der Waals surface area (Å²) in [4.78, 5) is 13.6. The molecule has 0 aromatic heterocycles. The molecular weight excluding hydrogens is 324 g/mol. The van der Waals surface area contributed by atoms with Gasteiger partial charge in [0.05, 0.1) is 11.7 Å². The molecule has 1 aliphatic rings. The number of amides is 1. The summed E-state index contributed by atoms with van der Waals surface area (Å²) in [5.41, 5.74) is 0.496. The Hall–Kier alpha value is -0.690. The standard InChI is InChI=1S/C11H11FINO2/c12-7-1-2-9(10(13)5-7)11(16)14-4-3-8(15)6-14/h1-2,5,8,15H,3-4,6H2/t8-/m0/s1. The van der Waals surface area contributed by atoms with E-state index < -0.39 is 6.10 Å². The molecule has 2 rings (SSSR count). The first-order chi connectivity index (χ1) is 7.58. The third-order valence-corrected chi connectivity index (χ3v) is 3.50. The SMILES string of the molecule is O=C(c1ccc(F)cc1I)N1CC[C@H](O)C1. The molecule has 1 heterocycles. The predicted octanol–water partition coefficient (Wildman–Crippen LogP) is 1.64. The Kier molecular flexibility index (Phi) is 3.44. The number of rotatable bonds is 1.